The molecule has 0 unspecified atom stereocenters. The Kier molecular flexibility index (Phi) is 2.58. The van der Waals surface area contributed by atoms with Gasteiger partial charge in [0, 0.05) is 14.1 Å². The van der Waals surface area contributed by atoms with E-state index in [1.54, 1.807) is 42.8 Å². The van der Waals surface area contributed by atoms with Gasteiger partial charge in [-0.25, -0.2) is 4.68 Å². The lowest BCUT2D eigenvalue weighted by molar-refractivity contribution is 0.429. The molecular weight excluding hydrogens is 220 g/mol. The second kappa shape index (κ2) is 3.93. The Balaban J connectivity index is 2.41. The predicted octanol–water partition coefficient (Wildman–Crippen LogP) is 0.538. The molecule has 0 aromatic carbocycles. The van der Waals surface area contributed by atoms with Crippen LogP contribution in [0.1, 0.15) is 11.3 Å². The molecule has 2 aromatic rings. The van der Waals surface area contributed by atoms with E-state index in [0.717, 1.165) is 0 Å². The lowest BCUT2D eigenvalue weighted by Crippen LogP contribution is -2.13. The van der Waals surface area contributed by atoms with Crippen LogP contribution >= 0.6 is 0 Å². The van der Waals surface area contributed by atoms with Crippen LogP contribution in [0.15, 0.2) is 12.4 Å². The molecule has 17 heavy (non-hydrogen) atoms. The van der Waals surface area contributed by atoms with Crippen molar-refractivity contribution in [3.63, 3.8) is 0 Å². The fraction of sp³-hybridized carbons (Fsp3) is 0.300. The quantitative estimate of drug-likeness (QED) is 0.598. The Labute approximate surface area is 98.3 Å². The number of nitrogens with two attached hydrogens (primary N) is 1. The number of hydrogen-bond acceptors (Lipinski definition) is 4. The van der Waals surface area contributed by atoms with E-state index in [9.17, 15) is 0 Å². The van der Waals surface area contributed by atoms with Crippen LogP contribution in [-0.2, 0) is 14.1 Å². The van der Waals surface area contributed by atoms with E-state index in [2.05, 4.69) is 10.2 Å². The fourth-order valence-corrected chi connectivity index (χ4v) is 1.63. The molecule has 0 saturated carbocycles. The topological polar surface area (TPSA) is 94.7 Å². The number of nitrogens with one attached hydrogen (secondary N) is 1. The second-order valence-electron chi connectivity index (χ2n) is 3.75. The van der Waals surface area contributed by atoms with Crippen molar-refractivity contribution >= 4 is 5.84 Å². The number of ether oxygens (including phenoxy) is 1. The number of amidine groups is 1. The predicted molar refractivity (Wildman–Crippen MR) is 62.2 cm³/mol. The molecule has 0 radical (unpaired) electrons. The molecule has 2 rings (SSSR count). The van der Waals surface area contributed by atoms with Crippen LogP contribution < -0.4 is 10.5 Å². The molecular formula is C10H14N6O. The van der Waals surface area contributed by atoms with Gasteiger partial charge < -0.3 is 10.5 Å². The highest BCUT2D eigenvalue weighted by Crippen LogP contribution is 2.26. The molecule has 3 N–H and O–H groups in total. The van der Waals surface area contributed by atoms with Crippen LogP contribution in [0.25, 0.3) is 0 Å². The van der Waals surface area contributed by atoms with Gasteiger partial charge in [-0.3, -0.25) is 10.1 Å². The first kappa shape index (κ1) is 11.2. The molecule has 0 amide bonds. The van der Waals surface area contributed by atoms with Crippen LogP contribution in [0.5, 0.6) is 11.6 Å². The van der Waals surface area contributed by atoms with Gasteiger partial charge >= 0.3 is 0 Å². The molecule has 0 bridgehead atoms. The summed E-state index contributed by atoms with van der Waals surface area (Å²) in [5.74, 6) is 0.968. The van der Waals surface area contributed by atoms with Crippen molar-refractivity contribution in [2.75, 3.05) is 0 Å². The first-order chi connectivity index (χ1) is 7.99. The first-order valence-electron chi connectivity index (χ1n) is 5.03. The summed E-state index contributed by atoms with van der Waals surface area (Å²) in [6, 6.07) is 0. The Morgan fingerprint density at radius 2 is 2.18 bits per heavy atom. The van der Waals surface area contributed by atoms with Gasteiger partial charge in [-0.05, 0) is 6.92 Å². The molecule has 7 nitrogen and oxygen atoms in total. The molecule has 0 aliphatic heterocycles. The van der Waals surface area contributed by atoms with E-state index >= 15 is 0 Å². The largest absolute Gasteiger partial charge is 0.435 e. The lowest BCUT2D eigenvalue weighted by Gasteiger charge is -2.05. The van der Waals surface area contributed by atoms with Crippen LogP contribution in [-0.4, -0.2) is 25.4 Å². The SMILES string of the molecule is Cc1nn(C)c(Oc2cnn(C)c2)c1C(=N)N. The normalized spacial score (nSPS) is 10.5. The maximum absolute atomic E-state index is 7.53. The van der Waals surface area contributed by atoms with Crippen molar-refractivity contribution in [2.45, 2.75) is 6.92 Å². The summed E-state index contributed by atoms with van der Waals surface area (Å²) >= 11 is 0. The summed E-state index contributed by atoms with van der Waals surface area (Å²) in [4.78, 5) is 0. The van der Waals surface area contributed by atoms with Crippen LogP contribution in [0.2, 0.25) is 0 Å². The molecule has 0 spiro atoms. The van der Waals surface area contributed by atoms with E-state index in [-0.39, 0.29) is 5.84 Å². The number of nitrogen functional groups attached to an aromatic ring is 1. The molecule has 0 aliphatic carbocycles. The number of nitrogens with zero attached hydrogens (tertiary/aromatic N) is 4. The van der Waals surface area contributed by atoms with E-state index in [1.807, 2.05) is 0 Å². The monoisotopic (exact) mass is 234 g/mol. The number of aromatic nitrogens is 4. The maximum atomic E-state index is 7.53. The maximum Gasteiger partial charge on any atom is 0.229 e. The third-order valence-corrected chi connectivity index (χ3v) is 2.33. The summed E-state index contributed by atoms with van der Waals surface area (Å²) in [5, 5.41) is 15.7. The zero-order valence-corrected chi connectivity index (χ0v) is 9.93. The molecule has 90 valence electrons. The van der Waals surface area contributed by atoms with Gasteiger partial charge in [0.25, 0.3) is 0 Å². The van der Waals surface area contributed by atoms with E-state index in [4.69, 9.17) is 15.9 Å². The van der Waals surface area contributed by atoms with E-state index in [0.29, 0.717) is 22.9 Å². The van der Waals surface area contributed by atoms with Crippen molar-refractivity contribution < 1.29 is 4.74 Å². The molecule has 0 fully saturated rings. The van der Waals surface area contributed by atoms with Gasteiger partial charge in [0.2, 0.25) is 5.88 Å². The third kappa shape index (κ3) is 1.99. The van der Waals surface area contributed by atoms with Crippen molar-refractivity contribution in [1.29, 1.82) is 5.41 Å². The van der Waals surface area contributed by atoms with Gasteiger partial charge in [-0.1, -0.05) is 0 Å². The third-order valence-electron chi connectivity index (χ3n) is 2.33. The van der Waals surface area contributed by atoms with Gasteiger partial charge in [-0.15, -0.1) is 0 Å². The summed E-state index contributed by atoms with van der Waals surface area (Å²) in [7, 11) is 3.54. The zero-order chi connectivity index (χ0) is 12.6. The van der Waals surface area contributed by atoms with E-state index in [1.165, 1.54) is 0 Å². The minimum Gasteiger partial charge on any atom is -0.435 e. The smallest absolute Gasteiger partial charge is 0.229 e. The second-order valence-corrected chi connectivity index (χ2v) is 3.75. The minimum absolute atomic E-state index is 0.0607. The Hall–Kier alpha value is -2.31. The standard InChI is InChI=1S/C10H14N6O/c1-6-8(9(11)12)10(16(3)14-6)17-7-4-13-15(2)5-7/h4-5H,1-3H3,(H3,11,12). The lowest BCUT2D eigenvalue weighted by atomic mass is 10.2. The number of rotatable bonds is 3. The first-order valence-corrected chi connectivity index (χ1v) is 5.03. The summed E-state index contributed by atoms with van der Waals surface area (Å²) in [6.45, 7) is 1.78. The van der Waals surface area contributed by atoms with Crippen molar-refractivity contribution in [3.05, 3.63) is 23.7 Å². The molecule has 2 aromatic heterocycles. The highest BCUT2D eigenvalue weighted by Gasteiger charge is 2.18. The van der Waals surface area contributed by atoms with Gasteiger partial charge in [0.15, 0.2) is 5.75 Å². The van der Waals surface area contributed by atoms with Gasteiger partial charge in [0.1, 0.15) is 11.4 Å². The molecule has 0 atom stereocenters. The fourth-order valence-electron chi connectivity index (χ4n) is 1.63. The summed E-state index contributed by atoms with van der Waals surface area (Å²) in [6.07, 6.45) is 3.32. The highest BCUT2D eigenvalue weighted by molar-refractivity contribution is 5.98. The highest BCUT2D eigenvalue weighted by atomic mass is 16.5. The van der Waals surface area contributed by atoms with Crippen LogP contribution in [0, 0.1) is 12.3 Å². The summed E-state index contributed by atoms with van der Waals surface area (Å²) < 4.78 is 8.83. The van der Waals surface area contributed by atoms with Crippen LogP contribution in [0.3, 0.4) is 0 Å². The van der Waals surface area contributed by atoms with Crippen molar-refractivity contribution in [2.24, 2.45) is 19.8 Å². The Morgan fingerprint density at radius 1 is 1.47 bits per heavy atom. The number of aryl methyl sites for hydroxylation is 3. The molecule has 0 saturated heterocycles. The minimum atomic E-state index is -0.0607. The van der Waals surface area contributed by atoms with Crippen LogP contribution in [0.4, 0.5) is 0 Å². The Morgan fingerprint density at radius 3 is 2.71 bits per heavy atom. The molecule has 7 heteroatoms. The summed E-state index contributed by atoms with van der Waals surface area (Å²) in [5.41, 5.74) is 6.69. The van der Waals surface area contributed by atoms with Crippen molar-refractivity contribution in [1.82, 2.24) is 19.6 Å². The zero-order valence-electron chi connectivity index (χ0n) is 9.93. The van der Waals surface area contributed by atoms with Gasteiger partial charge in [-0.2, -0.15) is 10.2 Å². The molecule has 2 heterocycles. The number of hydrogen-bond donors (Lipinski definition) is 2. The van der Waals surface area contributed by atoms with Crippen molar-refractivity contribution in [3.8, 4) is 11.6 Å². The van der Waals surface area contributed by atoms with E-state index < -0.39 is 0 Å². The van der Waals surface area contributed by atoms with Gasteiger partial charge in [0.05, 0.1) is 18.1 Å². The molecule has 0 aliphatic rings. The Bertz CT molecular complexity index is 567. The average molecular weight is 234 g/mol. The average Bonchev–Trinajstić information content (AvgIpc) is 2.72.